The molecule has 3 saturated carbocycles. The molecule has 12 heavy (non-hydrogen) atoms. The lowest BCUT2D eigenvalue weighted by molar-refractivity contribution is -0.0312. The molecule has 1 heterocycles. The first-order chi connectivity index (χ1) is 5.82. The number of hydrogen-bond acceptors (Lipinski definition) is 1. The highest BCUT2D eigenvalue weighted by atomic mass is 15.3. The van der Waals surface area contributed by atoms with Crippen LogP contribution in [0.1, 0.15) is 31.9 Å². The van der Waals surface area contributed by atoms with Gasteiger partial charge in [-0.2, -0.15) is 5.10 Å². The van der Waals surface area contributed by atoms with Crippen LogP contribution < -0.4 is 0 Å². The van der Waals surface area contributed by atoms with Crippen molar-refractivity contribution in [2.24, 2.45) is 5.92 Å². The van der Waals surface area contributed by atoms with Gasteiger partial charge in [0.25, 0.3) is 0 Å². The molecule has 0 radical (unpaired) electrons. The summed E-state index contributed by atoms with van der Waals surface area (Å²) < 4.78 is 2.04. The average Bonchev–Trinajstić information content (AvgIpc) is 2.29. The van der Waals surface area contributed by atoms with Crippen LogP contribution >= 0.6 is 0 Å². The lowest BCUT2D eigenvalue weighted by atomic mass is 9.43. The third-order valence-electron chi connectivity index (χ3n) is 3.55. The molecule has 2 nitrogen and oxygen atoms in total. The topological polar surface area (TPSA) is 17.8 Å². The third-order valence-corrected chi connectivity index (χ3v) is 3.55. The lowest BCUT2D eigenvalue weighted by Crippen LogP contribution is -2.55. The SMILES string of the molecule is CCn1ccc(C23CC(C2)C3)n1. The molecule has 0 aliphatic heterocycles. The van der Waals surface area contributed by atoms with E-state index in [1.54, 1.807) is 0 Å². The largest absolute Gasteiger partial charge is 0.273 e. The van der Waals surface area contributed by atoms with Crippen LogP contribution in [0.15, 0.2) is 12.3 Å². The maximum Gasteiger partial charge on any atom is 0.0686 e. The van der Waals surface area contributed by atoms with Crippen LogP contribution in [0.25, 0.3) is 0 Å². The quantitative estimate of drug-likeness (QED) is 0.650. The van der Waals surface area contributed by atoms with Crippen molar-refractivity contribution in [3.63, 3.8) is 0 Å². The lowest BCUT2D eigenvalue weighted by Gasteiger charge is -2.61. The van der Waals surface area contributed by atoms with E-state index in [4.69, 9.17) is 0 Å². The van der Waals surface area contributed by atoms with Crippen LogP contribution in [-0.4, -0.2) is 9.78 Å². The standard InChI is InChI=1S/C10H14N2/c1-2-12-4-3-9(11-12)10-5-8(6-10)7-10/h3-4,8H,2,5-7H2,1H3. The molecular formula is C10H14N2. The molecule has 64 valence electrons. The van der Waals surface area contributed by atoms with Crippen LogP contribution in [0.5, 0.6) is 0 Å². The molecule has 0 unspecified atom stereocenters. The van der Waals surface area contributed by atoms with Crippen LogP contribution in [0.3, 0.4) is 0 Å². The molecule has 3 aliphatic carbocycles. The molecule has 1 aromatic rings. The van der Waals surface area contributed by atoms with Gasteiger partial charge in [0.2, 0.25) is 0 Å². The van der Waals surface area contributed by atoms with Crippen molar-refractivity contribution < 1.29 is 0 Å². The maximum atomic E-state index is 4.58. The number of hydrogen-bond donors (Lipinski definition) is 0. The Kier molecular flexibility index (Phi) is 1.07. The Balaban J connectivity index is 1.91. The fourth-order valence-corrected chi connectivity index (χ4v) is 2.61. The van der Waals surface area contributed by atoms with Gasteiger partial charge in [-0.05, 0) is 38.2 Å². The van der Waals surface area contributed by atoms with E-state index in [0.717, 1.165) is 12.5 Å². The molecule has 4 rings (SSSR count). The molecular weight excluding hydrogens is 148 g/mol. The second-order valence-electron chi connectivity index (χ2n) is 4.32. The molecule has 0 amide bonds. The smallest absolute Gasteiger partial charge is 0.0686 e. The highest BCUT2D eigenvalue weighted by molar-refractivity contribution is 5.28. The van der Waals surface area contributed by atoms with E-state index in [1.165, 1.54) is 25.0 Å². The summed E-state index contributed by atoms with van der Waals surface area (Å²) in [7, 11) is 0. The summed E-state index contributed by atoms with van der Waals surface area (Å²) in [4.78, 5) is 0. The van der Waals surface area contributed by atoms with E-state index in [1.807, 2.05) is 4.68 Å². The van der Waals surface area contributed by atoms with E-state index < -0.39 is 0 Å². The Morgan fingerprint density at radius 1 is 1.58 bits per heavy atom. The Hall–Kier alpha value is -0.790. The summed E-state index contributed by atoms with van der Waals surface area (Å²) in [6.45, 7) is 3.14. The van der Waals surface area contributed by atoms with Gasteiger partial charge in [0, 0.05) is 18.2 Å². The van der Waals surface area contributed by atoms with Gasteiger partial charge in [0.15, 0.2) is 0 Å². The second kappa shape index (κ2) is 1.93. The zero-order valence-electron chi connectivity index (χ0n) is 7.45. The minimum atomic E-state index is 0.547. The molecule has 1 aromatic heterocycles. The van der Waals surface area contributed by atoms with Gasteiger partial charge in [-0.25, -0.2) is 0 Å². The van der Waals surface area contributed by atoms with E-state index in [-0.39, 0.29) is 0 Å². The molecule has 2 heteroatoms. The number of rotatable bonds is 2. The van der Waals surface area contributed by atoms with Crippen molar-refractivity contribution in [1.29, 1.82) is 0 Å². The van der Waals surface area contributed by atoms with Crippen molar-refractivity contribution in [1.82, 2.24) is 9.78 Å². The summed E-state index contributed by atoms with van der Waals surface area (Å²) >= 11 is 0. The molecule has 0 aromatic carbocycles. The summed E-state index contributed by atoms with van der Waals surface area (Å²) in [5.41, 5.74) is 1.90. The Morgan fingerprint density at radius 2 is 2.33 bits per heavy atom. The zero-order chi connectivity index (χ0) is 8.18. The van der Waals surface area contributed by atoms with Crippen LogP contribution in [0, 0.1) is 5.92 Å². The summed E-state index contributed by atoms with van der Waals surface area (Å²) in [6, 6.07) is 2.21. The van der Waals surface area contributed by atoms with Crippen molar-refractivity contribution in [3.05, 3.63) is 18.0 Å². The molecule has 3 fully saturated rings. The van der Waals surface area contributed by atoms with E-state index in [0.29, 0.717) is 5.41 Å². The van der Waals surface area contributed by atoms with Gasteiger partial charge in [-0.3, -0.25) is 4.68 Å². The van der Waals surface area contributed by atoms with Gasteiger partial charge >= 0.3 is 0 Å². The molecule has 0 atom stereocenters. The van der Waals surface area contributed by atoms with Crippen molar-refractivity contribution in [2.75, 3.05) is 0 Å². The molecule has 2 bridgehead atoms. The zero-order valence-corrected chi connectivity index (χ0v) is 7.45. The first-order valence-electron chi connectivity index (χ1n) is 4.86. The second-order valence-corrected chi connectivity index (χ2v) is 4.32. The molecule has 0 spiro atoms. The summed E-state index contributed by atoms with van der Waals surface area (Å²) in [5, 5.41) is 4.58. The average molecular weight is 162 g/mol. The van der Waals surface area contributed by atoms with E-state index >= 15 is 0 Å². The first kappa shape index (κ1) is 6.70. The number of aromatic nitrogens is 2. The predicted molar refractivity (Wildman–Crippen MR) is 46.9 cm³/mol. The Morgan fingerprint density at radius 3 is 2.75 bits per heavy atom. The number of nitrogens with zero attached hydrogens (tertiary/aromatic N) is 2. The first-order valence-corrected chi connectivity index (χ1v) is 4.86. The normalized spacial score (nSPS) is 37.2. The maximum absolute atomic E-state index is 4.58. The van der Waals surface area contributed by atoms with E-state index in [2.05, 4.69) is 24.3 Å². The molecule has 3 aliphatic rings. The van der Waals surface area contributed by atoms with Gasteiger partial charge in [-0.1, -0.05) is 0 Å². The highest BCUT2D eigenvalue weighted by Gasteiger charge is 2.58. The summed E-state index contributed by atoms with van der Waals surface area (Å²) in [6.07, 6.45) is 6.34. The Bertz CT molecular complexity index is 296. The van der Waals surface area contributed by atoms with Gasteiger partial charge in [0.1, 0.15) is 0 Å². The predicted octanol–water partition coefficient (Wildman–Crippen LogP) is 1.95. The molecule has 0 saturated heterocycles. The Labute approximate surface area is 72.6 Å². The van der Waals surface area contributed by atoms with Crippen LogP contribution in [0.2, 0.25) is 0 Å². The van der Waals surface area contributed by atoms with Gasteiger partial charge in [-0.15, -0.1) is 0 Å². The minimum absolute atomic E-state index is 0.547. The minimum Gasteiger partial charge on any atom is -0.273 e. The third kappa shape index (κ3) is 0.637. The number of aryl methyl sites for hydroxylation is 1. The fourth-order valence-electron chi connectivity index (χ4n) is 2.61. The van der Waals surface area contributed by atoms with Crippen LogP contribution in [0.4, 0.5) is 0 Å². The van der Waals surface area contributed by atoms with E-state index in [9.17, 15) is 0 Å². The van der Waals surface area contributed by atoms with Crippen molar-refractivity contribution in [3.8, 4) is 0 Å². The fraction of sp³-hybridized carbons (Fsp3) is 0.700. The monoisotopic (exact) mass is 162 g/mol. The van der Waals surface area contributed by atoms with Crippen molar-refractivity contribution in [2.45, 2.75) is 38.1 Å². The van der Waals surface area contributed by atoms with Crippen molar-refractivity contribution >= 4 is 0 Å². The molecule has 0 N–H and O–H groups in total. The van der Waals surface area contributed by atoms with Gasteiger partial charge in [0.05, 0.1) is 5.69 Å². The van der Waals surface area contributed by atoms with Crippen LogP contribution in [-0.2, 0) is 12.0 Å². The van der Waals surface area contributed by atoms with Gasteiger partial charge < -0.3 is 0 Å². The summed E-state index contributed by atoms with van der Waals surface area (Å²) in [5.74, 6) is 1.05. The highest BCUT2D eigenvalue weighted by Crippen LogP contribution is 2.64.